The first-order chi connectivity index (χ1) is 9.02. The molecule has 104 valence electrons. The molecule has 2 rings (SSSR count). The van der Waals surface area contributed by atoms with Crippen LogP contribution in [0.1, 0.15) is 27.7 Å². The molecule has 0 radical (unpaired) electrons. The van der Waals surface area contributed by atoms with Gasteiger partial charge >= 0.3 is 5.97 Å². The molecule has 19 heavy (non-hydrogen) atoms. The number of ether oxygens (including phenoxy) is 1. The quantitative estimate of drug-likeness (QED) is 0.777. The van der Waals surface area contributed by atoms with Crippen LogP contribution < -0.4 is 11.5 Å². The highest BCUT2D eigenvalue weighted by molar-refractivity contribution is 7.16. The number of rotatable bonds is 4. The van der Waals surface area contributed by atoms with Crippen LogP contribution in [0.5, 0.6) is 0 Å². The van der Waals surface area contributed by atoms with Gasteiger partial charge in [0.1, 0.15) is 5.00 Å². The van der Waals surface area contributed by atoms with E-state index in [4.69, 9.17) is 16.2 Å². The number of carbonyl (C=O) groups excluding carboxylic acids is 2. The highest BCUT2D eigenvalue weighted by Crippen LogP contribution is 2.35. The summed E-state index contributed by atoms with van der Waals surface area (Å²) in [5, 5.41) is 0.490. The lowest BCUT2D eigenvalue weighted by Crippen LogP contribution is -2.37. The number of nitrogens with two attached hydrogens (primary N) is 2. The van der Waals surface area contributed by atoms with Crippen LogP contribution in [0.25, 0.3) is 0 Å². The third-order valence-electron chi connectivity index (χ3n) is 3.02. The first-order valence-electron chi connectivity index (χ1n) is 6.10. The Bertz CT molecular complexity index is 513. The van der Waals surface area contributed by atoms with Gasteiger partial charge in [-0.05, 0) is 18.9 Å². The normalized spacial score (nSPS) is 15.0. The van der Waals surface area contributed by atoms with E-state index in [-0.39, 0.29) is 18.4 Å². The number of hydrogen-bond donors (Lipinski definition) is 2. The van der Waals surface area contributed by atoms with Gasteiger partial charge in [0, 0.05) is 18.0 Å². The van der Waals surface area contributed by atoms with Gasteiger partial charge in [-0.1, -0.05) is 0 Å². The number of nitrogen functional groups attached to an aromatic ring is 1. The van der Waals surface area contributed by atoms with E-state index in [1.165, 1.54) is 11.3 Å². The maximum absolute atomic E-state index is 11.9. The zero-order valence-corrected chi connectivity index (χ0v) is 11.6. The lowest BCUT2D eigenvalue weighted by Gasteiger charge is -2.25. The Hall–Kier alpha value is -1.60. The largest absolute Gasteiger partial charge is 0.462 e. The van der Waals surface area contributed by atoms with Crippen molar-refractivity contribution in [3.63, 3.8) is 0 Å². The topological polar surface area (TPSA) is 98.7 Å². The molecule has 7 heteroatoms. The summed E-state index contributed by atoms with van der Waals surface area (Å²) >= 11 is 1.38. The minimum Gasteiger partial charge on any atom is -0.462 e. The minimum atomic E-state index is -0.360. The van der Waals surface area contributed by atoms with Gasteiger partial charge in [0.15, 0.2) is 0 Å². The second kappa shape index (κ2) is 5.58. The fraction of sp³-hybridized carbons (Fsp3) is 0.500. The number of primary amides is 1. The molecule has 0 saturated heterocycles. The summed E-state index contributed by atoms with van der Waals surface area (Å²) in [6, 6.07) is 0. The molecule has 0 atom stereocenters. The Morgan fingerprint density at radius 3 is 2.84 bits per heavy atom. The van der Waals surface area contributed by atoms with Gasteiger partial charge in [-0.3, -0.25) is 9.69 Å². The van der Waals surface area contributed by atoms with Gasteiger partial charge in [-0.15, -0.1) is 11.3 Å². The molecule has 0 fully saturated rings. The lowest BCUT2D eigenvalue weighted by molar-refractivity contribution is -0.119. The first kappa shape index (κ1) is 13.8. The Labute approximate surface area is 115 Å². The van der Waals surface area contributed by atoms with E-state index in [1.807, 2.05) is 4.90 Å². The van der Waals surface area contributed by atoms with Crippen LogP contribution in [0.4, 0.5) is 5.00 Å². The molecule has 1 aliphatic rings. The van der Waals surface area contributed by atoms with Gasteiger partial charge in [-0.25, -0.2) is 4.79 Å². The van der Waals surface area contributed by atoms with Crippen LogP contribution in [0, 0.1) is 0 Å². The van der Waals surface area contributed by atoms with Crippen molar-refractivity contribution in [3.05, 3.63) is 16.0 Å². The van der Waals surface area contributed by atoms with E-state index in [2.05, 4.69) is 0 Å². The van der Waals surface area contributed by atoms with Crippen molar-refractivity contribution in [1.82, 2.24) is 4.90 Å². The molecule has 0 aromatic carbocycles. The number of hydrogen-bond acceptors (Lipinski definition) is 6. The average Bonchev–Trinajstić information content (AvgIpc) is 2.63. The van der Waals surface area contributed by atoms with Crippen molar-refractivity contribution in [2.75, 3.05) is 25.4 Å². The minimum absolute atomic E-state index is 0.228. The van der Waals surface area contributed by atoms with Gasteiger partial charge < -0.3 is 16.2 Å². The van der Waals surface area contributed by atoms with E-state index in [0.29, 0.717) is 36.7 Å². The Kier molecular flexibility index (Phi) is 4.06. The summed E-state index contributed by atoms with van der Waals surface area (Å²) < 4.78 is 5.02. The fourth-order valence-electron chi connectivity index (χ4n) is 2.26. The number of nitrogens with zero attached hydrogens (tertiary/aromatic N) is 1. The average molecular weight is 283 g/mol. The Morgan fingerprint density at radius 2 is 2.21 bits per heavy atom. The third-order valence-corrected chi connectivity index (χ3v) is 4.07. The van der Waals surface area contributed by atoms with Crippen LogP contribution in [-0.4, -0.2) is 36.5 Å². The van der Waals surface area contributed by atoms with Crippen LogP contribution >= 0.6 is 11.3 Å². The molecule has 0 spiro atoms. The second-order valence-electron chi connectivity index (χ2n) is 4.39. The predicted octanol–water partition coefficient (Wildman–Crippen LogP) is 0.350. The lowest BCUT2D eigenvalue weighted by atomic mass is 10.0. The number of anilines is 1. The summed E-state index contributed by atoms with van der Waals surface area (Å²) in [4.78, 5) is 25.8. The fourth-order valence-corrected chi connectivity index (χ4v) is 3.41. The SMILES string of the molecule is CCOC(=O)c1c(N)sc2c1CCN(CC(N)=O)C2. The first-order valence-corrected chi connectivity index (χ1v) is 6.92. The molecule has 0 aliphatic carbocycles. The van der Waals surface area contributed by atoms with Gasteiger partial charge in [-0.2, -0.15) is 0 Å². The van der Waals surface area contributed by atoms with Gasteiger partial charge in [0.05, 0.1) is 18.7 Å². The summed E-state index contributed by atoms with van der Waals surface area (Å²) in [5.74, 6) is -0.709. The Balaban J connectivity index is 2.22. The molecule has 0 bridgehead atoms. The van der Waals surface area contributed by atoms with Crippen molar-refractivity contribution in [3.8, 4) is 0 Å². The standard InChI is InChI=1S/C12H17N3O3S/c1-2-18-12(17)10-7-3-4-15(6-9(13)16)5-8(7)19-11(10)14/h2-6,14H2,1H3,(H2,13,16). The summed E-state index contributed by atoms with van der Waals surface area (Å²) in [7, 11) is 0. The number of thiophene rings is 1. The van der Waals surface area contributed by atoms with E-state index in [1.54, 1.807) is 6.92 Å². The van der Waals surface area contributed by atoms with Gasteiger partial charge in [0.25, 0.3) is 0 Å². The monoisotopic (exact) mass is 283 g/mol. The van der Waals surface area contributed by atoms with Crippen molar-refractivity contribution in [2.45, 2.75) is 19.9 Å². The maximum atomic E-state index is 11.9. The van der Waals surface area contributed by atoms with Gasteiger partial charge in [0.2, 0.25) is 5.91 Å². The Morgan fingerprint density at radius 1 is 1.47 bits per heavy atom. The van der Waals surface area contributed by atoms with Crippen molar-refractivity contribution in [2.24, 2.45) is 5.73 Å². The predicted molar refractivity (Wildman–Crippen MR) is 72.9 cm³/mol. The van der Waals surface area contributed by atoms with Crippen LogP contribution in [0.3, 0.4) is 0 Å². The molecule has 6 nitrogen and oxygen atoms in total. The summed E-state index contributed by atoms with van der Waals surface area (Å²) in [6.45, 7) is 3.62. The zero-order chi connectivity index (χ0) is 14.0. The smallest absolute Gasteiger partial charge is 0.341 e. The van der Waals surface area contributed by atoms with E-state index in [9.17, 15) is 9.59 Å². The maximum Gasteiger partial charge on any atom is 0.341 e. The molecular formula is C12H17N3O3S. The molecule has 2 heterocycles. The van der Waals surface area contributed by atoms with Crippen molar-refractivity contribution < 1.29 is 14.3 Å². The molecule has 0 saturated carbocycles. The molecular weight excluding hydrogens is 266 g/mol. The molecule has 4 N–H and O–H groups in total. The number of fused-ring (bicyclic) bond motifs is 1. The summed E-state index contributed by atoms with van der Waals surface area (Å²) in [6.07, 6.45) is 0.685. The highest BCUT2D eigenvalue weighted by Gasteiger charge is 2.27. The summed E-state index contributed by atoms with van der Waals surface area (Å²) in [5.41, 5.74) is 12.6. The highest BCUT2D eigenvalue weighted by atomic mass is 32.1. The second-order valence-corrected chi connectivity index (χ2v) is 5.53. The van der Waals surface area contributed by atoms with E-state index < -0.39 is 0 Å². The zero-order valence-electron chi connectivity index (χ0n) is 10.8. The molecule has 1 amide bonds. The van der Waals surface area contributed by atoms with Crippen molar-refractivity contribution >= 4 is 28.2 Å². The molecule has 1 aromatic rings. The van der Waals surface area contributed by atoms with Crippen LogP contribution in [0.15, 0.2) is 0 Å². The number of amides is 1. The van der Waals surface area contributed by atoms with Crippen LogP contribution in [-0.2, 0) is 22.5 Å². The van der Waals surface area contributed by atoms with Crippen molar-refractivity contribution in [1.29, 1.82) is 0 Å². The molecule has 0 unspecified atom stereocenters. The third kappa shape index (κ3) is 2.87. The number of esters is 1. The molecule has 1 aromatic heterocycles. The molecule has 1 aliphatic heterocycles. The van der Waals surface area contributed by atoms with E-state index >= 15 is 0 Å². The van der Waals surface area contributed by atoms with Crippen LogP contribution in [0.2, 0.25) is 0 Å². The van der Waals surface area contributed by atoms with E-state index in [0.717, 1.165) is 10.4 Å². The number of carbonyl (C=O) groups is 2.